The van der Waals surface area contributed by atoms with Crippen molar-refractivity contribution in [3.8, 4) is 0 Å². The van der Waals surface area contributed by atoms with Gasteiger partial charge in [0.15, 0.2) is 0 Å². The van der Waals surface area contributed by atoms with Gasteiger partial charge in [-0.05, 0) is 29.7 Å². The zero-order valence-corrected chi connectivity index (χ0v) is 10.1. The largest absolute Gasteiger partial charge is 0.469 e. The van der Waals surface area contributed by atoms with Gasteiger partial charge in [0.05, 0.1) is 13.5 Å². The molecule has 1 aliphatic rings. The lowest BCUT2D eigenvalue weighted by atomic mass is 9.97. The number of esters is 1. The molecule has 4 heteroatoms. The van der Waals surface area contributed by atoms with Gasteiger partial charge in [0.1, 0.15) is 0 Å². The summed E-state index contributed by atoms with van der Waals surface area (Å²) in [6, 6.07) is 6.23. The average Bonchev–Trinajstić information content (AvgIpc) is 2.29. The summed E-state index contributed by atoms with van der Waals surface area (Å²) >= 11 is 0. The number of benzene rings is 1. The molecule has 1 aliphatic heterocycles. The first kappa shape index (κ1) is 13.0. The molecule has 1 N–H and O–H groups in total. The molecule has 1 heterocycles. The van der Waals surface area contributed by atoms with E-state index in [1.807, 2.05) is 6.07 Å². The van der Waals surface area contributed by atoms with Crippen molar-refractivity contribution >= 4 is 18.4 Å². The van der Waals surface area contributed by atoms with E-state index < -0.39 is 0 Å². The van der Waals surface area contributed by atoms with E-state index >= 15 is 0 Å². The Morgan fingerprint density at radius 2 is 2.25 bits per heavy atom. The summed E-state index contributed by atoms with van der Waals surface area (Å²) in [5.74, 6) is -0.182. The summed E-state index contributed by atoms with van der Waals surface area (Å²) in [6.45, 7) is 1.95. The Bertz CT molecular complexity index is 379. The van der Waals surface area contributed by atoms with Crippen LogP contribution in [0.5, 0.6) is 0 Å². The van der Waals surface area contributed by atoms with E-state index in [0.29, 0.717) is 6.42 Å². The Kier molecular flexibility index (Phi) is 4.77. The van der Waals surface area contributed by atoms with Crippen LogP contribution < -0.4 is 5.32 Å². The van der Waals surface area contributed by atoms with E-state index in [1.165, 1.54) is 18.2 Å². The van der Waals surface area contributed by atoms with Crippen LogP contribution in [0.25, 0.3) is 0 Å². The van der Waals surface area contributed by atoms with E-state index in [0.717, 1.165) is 25.1 Å². The van der Waals surface area contributed by atoms with Gasteiger partial charge in [0, 0.05) is 6.54 Å². The van der Waals surface area contributed by atoms with Gasteiger partial charge in [-0.1, -0.05) is 18.2 Å². The highest BCUT2D eigenvalue weighted by Gasteiger charge is 2.10. The number of fused-ring (bicyclic) bond motifs is 1. The molecule has 0 saturated heterocycles. The molecular formula is C12H16ClNO2. The van der Waals surface area contributed by atoms with Crippen LogP contribution in [-0.4, -0.2) is 19.6 Å². The molecule has 0 amide bonds. The zero-order chi connectivity index (χ0) is 10.7. The molecule has 0 spiro atoms. The maximum absolute atomic E-state index is 11.1. The van der Waals surface area contributed by atoms with Gasteiger partial charge in [0.2, 0.25) is 0 Å². The van der Waals surface area contributed by atoms with Crippen molar-refractivity contribution in [1.82, 2.24) is 5.32 Å². The monoisotopic (exact) mass is 241 g/mol. The Morgan fingerprint density at radius 3 is 3.00 bits per heavy atom. The highest BCUT2D eigenvalue weighted by atomic mass is 35.5. The smallest absolute Gasteiger partial charge is 0.309 e. The van der Waals surface area contributed by atoms with E-state index in [9.17, 15) is 4.79 Å². The third kappa shape index (κ3) is 2.97. The standard InChI is InChI=1S/C12H15NO2.ClH/c1-15-12(14)7-9-2-3-10-4-5-13-8-11(10)6-9;/h2-3,6,13H,4-5,7-8H2,1H3;1H. The molecule has 2 rings (SSSR count). The fourth-order valence-electron chi connectivity index (χ4n) is 1.88. The van der Waals surface area contributed by atoms with Crippen LogP contribution in [0.3, 0.4) is 0 Å². The number of rotatable bonds is 2. The molecule has 0 fully saturated rings. The second kappa shape index (κ2) is 5.87. The average molecular weight is 242 g/mol. The molecule has 0 aliphatic carbocycles. The normalized spacial score (nSPS) is 13.6. The van der Waals surface area contributed by atoms with Gasteiger partial charge < -0.3 is 10.1 Å². The van der Waals surface area contributed by atoms with Crippen LogP contribution in [0.1, 0.15) is 16.7 Å². The molecule has 0 aromatic heterocycles. The topological polar surface area (TPSA) is 38.3 Å². The minimum absolute atomic E-state index is 0. The number of nitrogens with one attached hydrogen (secondary N) is 1. The molecule has 88 valence electrons. The number of ether oxygens (including phenoxy) is 1. The van der Waals surface area contributed by atoms with Gasteiger partial charge in [-0.25, -0.2) is 0 Å². The maximum Gasteiger partial charge on any atom is 0.309 e. The number of carbonyl (C=O) groups excluding carboxylic acids is 1. The first-order chi connectivity index (χ1) is 7.29. The molecule has 1 aromatic rings. The highest BCUT2D eigenvalue weighted by molar-refractivity contribution is 5.85. The molecule has 3 nitrogen and oxygen atoms in total. The van der Waals surface area contributed by atoms with Crippen molar-refractivity contribution in [3.05, 3.63) is 34.9 Å². The van der Waals surface area contributed by atoms with Crippen molar-refractivity contribution in [2.75, 3.05) is 13.7 Å². The minimum Gasteiger partial charge on any atom is -0.469 e. The van der Waals surface area contributed by atoms with Crippen molar-refractivity contribution < 1.29 is 9.53 Å². The second-order valence-electron chi connectivity index (χ2n) is 3.78. The predicted octanol–water partition coefficient (Wildman–Crippen LogP) is 1.47. The molecule has 16 heavy (non-hydrogen) atoms. The van der Waals surface area contributed by atoms with Crippen molar-refractivity contribution in [2.45, 2.75) is 19.4 Å². The number of methoxy groups -OCH3 is 1. The summed E-state index contributed by atoms with van der Waals surface area (Å²) in [6.07, 6.45) is 1.44. The molecular weight excluding hydrogens is 226 g/mol. The van der Waals surface area contributed by atoms with Crippen LogP contribution in [0.2, 0.25) is 0 Å². The van der Waals surface area contributed by atoms with Gasteiger partial charge >= 0.3 is 5.97 Å². The number of hydrogen-bond donors (Lipinski definition) is 1. The number of halogens is 1. The van der Waals surface area contributed by atoms with E-state index in [2.05, 4.69) is 22.2 Å². The Labute approximate surface area is 102 Å². The predicted molar refractivity (Wildman–Crippen MR) is 64.8 cm³/mol. The molecule has 0 radical (unpaired) electrons. The molecule has 0 saturated carbocycles. The molecule has 0 bridgehead atoms. The Hall–Kier alpha value is -1.06. The van der Waals surface area contributed by atoms with Gasteiger partial charge in [-0.3, -0.25) is 4.79 Å². The third-order valence-corrected chi connectivity index (χ3v) is 2.73. The van der Waals surface area contributed by atoms with E-state index in [4.69, 9.17) is 0 Å². The summed E-state index contributed by atoms with van der Waals surface area (Å²) in [5, 5.41) is 3.32. The minimum atomic E-state index is -0.182. The lowest BCUT2D eigenvalue weighted by Crippen LogP contribution is -2.23. The van der Waals surface area contributed by atoms with Gasteiger partial charge in [-0.2, -0.15) is 0 Å². The number of carbonyl (C=O) groups is 1. The summed E-state index contributed by atoms with van der Waals surface area (Å²) in [5.41, 5.74) is 3.73. The van der Waals surface area contributed by atoms with Crippen molar-refractivity contribution in [1.29, 1.82) is 0 Å². The second-order valence-corrected chi connectivity index (χ2v) is 3.78. The lowest BCUT2D eigenvalue weighted by molar-refractivity contribution is -0.139. The summed E-state index contributed by atoms with van der Waals surface area (Å²) < 4.78 is 4.64. The van der Waals surface area contributed by atoms with Gasteiger partial charge in [0.25, 0.3) is 0 Å². The maximum atomic E-state index is 11.1. The summed E-state index contributed by atoms with van der Waals surface area (Å²) in [7, 11) is 1.42. The molecule has 0 atom stereocenters. The van der Waals surface area contributed by atoms with Crippen molar-refractivity contribution in [3.63, 3.8) is 0 Å². The Morgan fingerprint density at radius 1 is 1.44 bits per heavy atom. The Balaban J connectivity index is 0.00000128. The van der Waals surface area contributed by atoms with Crippen LogP contribution in [0.4, 0.5) is 0 Å². The van der Waals surface area contributed by atoms with E-state index in [-0.39, 0.29) is 18.4 Å². The zero-order valence-electron chi connectivity index (χ0n) is 9.29. The first-order valence-electron chi connectivity index (χ1n) is 5.18. The van der Waals surface area contributed by atoms with Crippen LogP contribution in [0, 0.1) is 0 Å². The van der Waals surface area contributed by atoms with Crippen LogP contribution in [-0.2, 0) is 28.9 Å². The van der Waals surface area contributed by atoms with Crippen molar-refractivity contribution in [2.24, 2.45) is 0 Å². The van der Waals surface area contributed by atoms with Crippen LogP contribution >= 0.6 is 12.4 Å². The fourth-order valence-corrected chi connectivity index (χ4v) is 1.88. The number of hydrogen-bond acceptors (Lipinski definition) is 3. The SMILES string of the molecule is COC(=O)Cc1ccc2c(c1)CNCC2.Cl. The quantitative estimate of drug-likeness (QED) is 0.797. The highest BCUT2D eigenvalue weighted by Crippen LogP contribution is 2.16. The van der Waals surface area contributed by atoms with E-state index in [1.54, 1.807) is 0 Å². The third-order valence-electron chi connectivity index (χ3n) is 2.73. The molecule has 1 aromatic carbocycles. The first-order valence-corrected chi connectivity index (χ1v) is 5.18. The van der Waals surface area contributed by atoms with Gasteiger partial charge in [-0.15, -0.1) is 12.4 Å². The molecule has 0 unspecified atom stereocenters. The van der Waals surface area contributed by atoms with Crippen LogP contribution in [0.15, 0.2) is 18.2 Å². The lowest BCUT2D eigenvalue weighted by Gasteiger charge is -2.17. The fraction of sp³-hybridized carbons (Fsp3) is 0.417. The summed E-state index contributed by atoms with van der Waals surface area (Å²) in [4.78, 5) is 11.1.